The summed E-state index contributed by atoms with van der Waals surface area (Å²) in [5, 5.41) is 3.30. The van der Waals surface area contributed by atoms with Gasteiger partial charge in [0.05, 0.1) is 20.3 Å². The molecule has 1 N–H and O–H groups in total. The van der Waals surface area contributed by atoms with E-state index in [0.717, 1.165) is 36.6 Å². The molecule has 4 nitrogen and oxygen atoms in total. The summed E-state index contributed by atoms with van der Waals surface area (Å²) < 4.78 is 16.0. The first-order chi connectivity index (χ1) is 9.31. The van der Waals surface area contributed by atoms with Crippen LogP contribution >= 0.6 is 0 Å². The molecule has 0 aliphatic carbocycles. The van der Waals surface area contributed by atoms with E-state index in [1.54, 1.807) is 14.2 Å². The Bertz CT molecular complexity index is 380. The van der Waals surface area contributed by atoms with Gasteiger partial charge in [0.25, 0.3) is 0 Å². The highest BCUT2D eigenvalue weighted by Crippen LogP contribution is 2.28. The number of rotatable bonds is 10. The third-order valence-electron chi connectivity index (χ3n) is 2.62. The maximum Gasteiger partial charge on any atom is 0.161 e. The van der Waals surface area contributed by atoms with E-state index in [2.05, 4.69) is 11.9 Å². The molecular weight excluding hydrogens is 242 g/mol. The Balaban J connectivity index is 2.57. The van der Waals surface area contributed by atoms with E-state index < -0.39 is 0 Å². The van der Waals surface area contributed by atoms with Crippen LogP contribution in [-0.2, 0) is 11.3 Å². The Morgan fingerprint density at radius 3 is 2.74 bits per heavy atom. The lowest BCUT2D eigenvalue weighted by Crippen LogP contribution is -2.18. The molecule has 0 fully saturated rings. The molecule has 0 radical (unpaired) electrons. The molecule has 0 amide bonds. The minimum Gasteiger partial charge on any atom is -0.493 e. The molecule has 0 atom stereocenters. The maximum atomic E-state index is 5.69. The largest absolute Gasteiger partial charge is 0.493 e. The van der Waals surface area contributed by atoms with Crippen LogP contribution in [0.1, 0.15) is 12.0 Å². The fourth-order valence-electron chi connectivity index (χ4n) is 1.60. The monoisotopic (exact) mass is 265 g/mol. The molecule has 1 aromatic rings. The maximum absolute atomic E-state index is 5.69. The van der Waals surface area contributed by atoms with Crippen molar-refractivity contribution in [1.29, 1.82) is 0 Å². The molecule has 19 heavy (non-hydrogen) atoms. The van der Waals surface area contributed by atoms with Crippen molar-refractivity contribution in [2.45, 2.75) is 13.0 Å². The molecule has 0 saturated carbocycles. The molecule has 0 spiro atoms. The molecular formula is C15H23NO3. The van der Waals surface area contributed by atoms with E-state index >= 15 is 0 Å². The van der Waals surface area contributed by atoms with Gasteiger partial charge >= 0.3 is 0 Å². The molecule has 1 rings (SSSR count). The average Bonchev–Trinajstić information content (AvgIpc) is 2.44. The van der Waals surface area contributed by atoms with Gasteiger partial charge in [0.1, 0.15) is 0 Å². The number of nitrogens with one attached hydrogen (secondary N) is 1. The Labute approximate surface area is 115 Å². The Kier molecular flexibility index (Phi) is 7.70. The Morgan fingerprint density at radius 2 is 2.05 bits per heavy atom. The van der Waals surface area contributed by atoms with Crippen LogP contribution in [0, 0.1) is 0 Å². The molecule has 106 valence electrons. The number of methoxy groups -OCH3 is 2. The topological polar surface area (TPSA) is 39.7 Å². The van der Waals surface area contributed by atoms with E-state index in [4.69, 9.17) is 14.2 Å². The number of hydrogen-bond acceptors (Lipinski definition) is 4. The summed E-state index contributed by atoms with van der Waals surface area (Å²) >= 11 is 0. The predicted octanol–water partition coefficient (Wildman–Crippen LogP) is 2.39. The Morgan fingerprint density at radius 1 is 1.21 bits per heavy atom. The zero-order valence-corrected chi connectivity index (χ0v) is 11.8. The van der Waals surface area contributed by atoms with Crippen molar-refractivity contribution in [2.75, 3.05) is 34.0 Å². The zero-order valence-electron chi connectivity index (χ0n) is 11.8. The second-order valence-corrected chi connectivity index (χ2v) is 4.08. The van der Waals surface area contributed by atoms with Gasteiger partial charge in [0.2, 0.25) is 0 Å². The lowest BCUT2D eigenvalue weighted by atomic mass is 10.2. The summed E-state index contributed by atoms with van der Waals surface area (Å²) in [7, 11) is 3.34. The van der Waals surface area contributed by atoms with Crippen molar-refractivity contribution in [1.82, 2.24) is 5.32 Å². The van der Waals surface area contributed by atoms with Crippen molar-refractivity contribution < 1.29 is 14.2 Å². The predicted molar refractivity (Wildman–Crippen MR) is 76.9 cm³/mol. The molecule has 1 aromatic carbocycles. The summed E-state index contributed by atoms with van der Waals surface area (Å²) in [4.78, 5) is 0. The third kappa shape index (κ3) is 5.77. The summed E-state index contributed by atoms with van der Waals surface area (Å²) in [5.41, 5.74) is 1.16. The number of benzene rings is 1. The van der Waals surface area contributed by atoms with Gasteiger partial charge in [-0.2, -0.15) is 0 Å². The summed E-state index contributed by atoms with van der Waals surface area (Å²) in [6.45, 7) is 6.61. The van der Waals surface area contributed by atoms with Crippen molar-refractivity contribution in [3.8, 4) is 11.5 Å². The lowest BCUT2D eigenvalue weighted by Gasteiger charge is -2.12. The van der Waals surface area contributed by atoms with Crippen molar-refractivity contribution in [3.05, 3.63) is 36.4 Å². The molecule has 4 heteroatoms. The molecule has 0 bridgehead atoms. The molecule has 0 saturated heterocycles. The second-order valence-electron chi connectivity index (χ2n) is 4.08. The fraction of sp³-hybridized carbons (Fsp3) is 0.467. The smallest absolute Gasteiger partial charge is 0.161 e. The molecule has 0 unspecified atom stereocenters. The number of ether oxygens (including phenoxy) is 3. The van der Waals surface area contributed by atoms with Gasteiger partial charge < -0.3 is 19.5 Å². The molecule has 0 aliphatic heterocycles. The zero-order chi connectivity index (χ0) is 13.9. The van der Waals surface area contributed by atoms with Crippen molar-refractivity contribution >= 4 is 0 Å². The summed E-state index contributed by atoms with van der Waals surface area (Å²) in [5.74, 6) is 1.53. The highest BCUT2D eigenvalue weighted by atomic mass is 16.5. The first-order valence-corrected chi connectivity index (χ1v) is 6.42. The highest BCUT2D eigenvalue weighted by Gasteiger charge is 2.05. The van der Waals surface area contributed by atoms with Crippen LogP contribution in [0.2, 0.25) is 0 Å². The van der Waals surface area contributed by atoms with Gasteiger partial charge in [-0.3, -0.25) is 0 Å². The van der Waals surface area contributed by atoms with E-state index in [9.17, 15) is 0 Å². The third-order valence-corrected chi connectivity index (χ3v) is 2.62. The van der Waals surface area contributed by atoms with E-state index in [1.165, 1.54) is 0 Å². The van der Waals surface area contributed by atoms with Gasteiger partial charge in [-0.1, -0.05) is 12.1 Å². The van der Waals surface area contributed by atoms with Crippen molar-refractivity contribution in [2.24, 2.45) is 0 Å². The van der Waals surface area contributed by atoms with Crippen LogP contribution in [0.3, 0.4) is 0 Å². The van der Waals surface area contributed by atoms with Crippen LogP contribution in [0.15, 0.2) is 30.9 Å². The number of hydrogen-bond donors (Lipinski definition) is 1. The van der Waals surface area contributed by atoms with Gasteiger partial charge in [-0.05, 0) is 24.1 Å². The van der Waals surface area contributed by atoms with E-state index in [1.807, 2.05) is 24.3 Å². The Hall–Kier alpha value is -1.52. The fourth-order valence-corrected chi connectivity index (χ4v) is 1.60. The van der Waals surface area contributed by atoms with Gasteiger partial charge in [-0.15, -0.1) is 6.58 Å². The molecule has 0 aromatic heterocycles. The molecule has 0 heterocycles. The van der Waals surface area contributed by atoms with Gasteiger partial charge in [0.15, 0.2) is 11.5 Å². The van der Waals surface area contributed by atoms with E-state index in [-0.39, 0.29) is 0 Å². The first-order valence-electron chi connectivity index (χ1n) is 6.42. The van der Waals surface area contributed by atoms with Crippen LogP contribution in [0.4, 0.5) is 0 Å². The van der Waals surface area contributed by atoms with Gasteiger partial charge in [0, 0.05) is 20.2 Å². The van der Waals surface area contributed by atoms with Crippen molar-refractivity contribution in [3.63, 3.8) is 0 Å². The summed E-state index contributed by atoms with van der Waals surface area (Å²) in [6.07, 6.45) is 2.65. The normalized spacial score (nSPS) is 10.2. The SMILES string of the molecule is C=CCCOc1cc(CNCCOC)ccc1OC. The van der Waals surface area contributed by atoms with Crippen LogP contribution in [0.5, 0.6) is 11.5 Å². The molecule has 0 aliphatic rings. The first kappa shape index (κ1) is 15.5. The minimum atomic E-state index is 0.612. The van der Waals surface area contributed by atoms with Crippen LogP contribution < -0.4 is 14.8 Å². The van der Waals surface area contributed by atoms with Crippen LogP contribution in [-0.4, -0.2) is 34.0 Å². The van der Waals surface area contributed by atoms with Gasteiger partial charge in [-0.25, -0.2) is 0 Å². The standard InChI is InChI=1S/C15H23NO3/c1-4-5-9-19-15-11-13(6-7-14(15)18-3)12-16-8-10-17-2/h4,6-7,11,16H,1,5,8-10,12H2,2-3H3. The summed E-state index contributed by atoms with van der Waals surface area (Å²) in [6, 6.07) is 5.96. The van der Waals surface area contributed by atoms with E-state index in [0.29, 0.717) is 13.2 Å². The lowest BCUT2D eigenvalue weighted by molar-refractivity contribution is 0.199. The van der Waals surface area contributed by atoms with Crippen LogP contribution in [0.25, 0.3) is 0 Å². The quantitative estimate of drug-likeness (QED) is 0.521. The average molecular weight is 265 g/mol. The minimum absolute atomic E-state index is 0.612. The highest BCUT2D eigenvalue weighted by molar-refractivity contribution is 5.42. The second kappa shape index (κ2) is 9.42.